The minimum absolute atomic E-state index is 0.0297. The lowest BCUT2D eigenvalue weighted by Gasteiger charge is -2.13. The zero-order valence-electron chi connectivity index (χ0n) is 14.5. The standard InChI is InChI=1S/C20H16BrN3O3/c1-26-18-9-15(7-16(10-22)11-23)8-17(21)20(18)27-13-19(25)24-12-14-5-3-2-4-6-14/h2-9H,12-13H2,1H3,(H,24,25). The minimum Gasteiger partial charge on any atom is -0.493 e. The quantitative estimate of drug-likeness (QED) is 0.683. The predicted molar refractivity (Wildman–Crippen MR) is 104 cm³/mol. The second-order valence-electron chi connectivity index (χ2n) is 5.37. The van der Waals surface area contributed by atoms with Crippen molar-refractivity contribution < 1.29 is 14.3 Å². The topological polar surface area (TPSA) is 95.1 Å². The number of nitrogens with one attached hydrogen (secondary N) is 1. The van der Waals surface area contributed by atoms with E-state index in [9.17, 15) is 4.79 Å². The number of carbonyl (C=O) groups is 1. The van der Waals surface area contributed by atoms with Gasteiger partial charge in [0.05, 0.1) is 11.6 Å². The lowest BCUT2D eigenvalue weighted by atomic mass is 10.1. The molecule has 136 valence electrons. The third-order valence-electron chi connectivity index (χ3n) is 3.48. The molecule has 0 saturated carbocycles. The van der Waals surface area contributed by atoms with Gasteiger partial charge in [0.25, 0.3) is 5.91 Å². The molecular formula is C20H16BrN3O3. The van der Waals surface area contributed by atoms with Crippen molar-refractivity contribution in [1.82, 2.24) is 5.32 Å². The van der Waals surface area contributed by atoms with Gasteiger partial charge in [-0.2, -0.15) is 10.5 Å². The summed E-state index contributed by atoms with van der Waals surface area (Å²) >= 11 is 3.37. The van der Waals surface area contributed by atoms with Crippen LogP contribution in [0, 0.1) is 22.7 Å². The number of hydrogen-bond acceptors (Lipinski definition) is 5. The summed E-state index contributed by atoms with van der Waals surface area (Å²) in [4.78, 5) is 12.0. The molecule has 2 aromatic carbocycles. The maximum Gasteiger partial charge on any atom is 0.258 e. The van der Waals surface area contributed by atoms with Crippen molar-refractivity contribution in [2.75, 3.05) is 13.7 Å². The maximum absolute atomic E-state index is 12.0. The molecule has 0 radical (unpaired) electrons. The highest BCUT2D eigenvalue weighted by Crippen LogP contribution is 2.37. The molecular weight excluding hydrogens is 410 g/mol. The number of hydrogen-bond donors (Lipinski definition) is 1. The number of benzene rings is 2. The molecule has 0 spiro atoms. The highest BCUT2D eigenvalue weighted by Gasteiger charge is 2.13. The summed E-state index contributed by atoms with van der Waals surface area (Å²) in [6, 6.07) is 16.5. The van der Waals surface area contributed by atoms with Crippen LogP contribution in [0.3, 0.4) is 0 Å². The number of nitrogens with zero attached hydrogens (tertiary/aromatic N) is 2. The fraction of sp³-hybridized carbons (Fsp3) is 0.150. The zero-order valence-corrected chi connectivity index (χ0v) is 16.1. The van der Waals surface area contributed by atoms with Crippen LogP contribution in [0.25, 0.3) is 6.08 Å². The number of nitriles is 2. The molecule has 0 fully saturated rings. The Hall–Kier alpha value is -3.29. The van der Waals surface area contributed by atoms with Crippen molar-refractivity contribution in [3.63, 3.8) is 0 Å². The SMILES string of the molecule is COc1cc(C=C(C#N)C#N)cc(Br)c1OCC(=O)NCc1ccccc1. The van der Waals surface area contributed by atoms with Gasteiger partial charge in [0.1, 0.15) is 17.7 Å². The number of allylic oxidation sites excluding steroid dienone is 1. The summed E-state index contributed by atoms with van der Waals surface area (Å²) in [5, 5.41) is 20.5. The van der Waals surface area contributed by atoms with Crippen LogP contribution in [0.2, 0.25) is 0 Å². The van der Waals surface area contributed by atoms with E-state index in [0.717, 1.165) is 5.56 Å². The molecule has 0 aliphatic heterocycles. The largest absolute Gasteiger partial charge is 0.493 e. The van der Waals surface area contributed by atoms with Crippen LogP contribution in [0.5, 0.6) is 11.5 Å². The van der Waals surface area contributed by atoms with Crippen molar-refractivity contribution in [3.05, 3.63) is 63.6 Å². The molecule has 0 aliphatic rings. The first-order chi connectivity index (χ1) is 13.1. The van der Waals surface area contributed by atoms with Gasteiger partial charge in [-0.1, -0.05) is 30.3 Å². The van der Waals surface area contributed by atoms with E-state index >= 15 is 0 Å². The molecule has 2 aromatic rings. The predicted octanol–water partition coefficient (Wildman–Crippen LogP) is 3.58. The van der Waals surface area contributed by atoms with E-state index in [1.165, 1.54) is 13.2 Å². The van der Waals surface area contributed by atoms with E-state index in [2.05, 4.69) is 21.2 Å². The first-order valence-electron chi connectivity index (χ1n) is 7.90. The lowest BCUT2D eigenvalue weighted by Crippen LogP contribution is -2.28. The van der Waals surface area contributed by atoms with Crippen LogP contribution in [0.1, 0.15) is 11.1 Å². The first-order valence-corrected chi connectivity index (χ1v) is 8.69. The van der Waals surface area contributed by atoms with Crippen LogP contribution in [-0.4, -0.2) is 19.6 Å². The van der Waals surface area contributed by atoms with Gasteiger partial charge >= 0.3 is 0 Å². The molecule has 0 saturated heterocycles. The number of ether oxygens (including phenoxy) is 2. The van der Waals surface area contributed by atoms with Crippen molar-refractivity contribution in [2.24, 2.45) is 0 Å². The number of methoxy groups -OCH3 is 1. The number of carbonyl (C=O) groups excluding carboxylic acids is 1. The Morgan fingerprint density at radius 3 is 2.56 bits per heavy atom. The van der Waals surface area contributed by atoms with Crippen molar-refractivity contribution in [3.8, 4) is 23.6 Å². The number of halogens is 1. The van der Waals surface area contributed by atoms with Crippen molar-refractivity contribution in [1.29, 1.82) is 10.5 Å². The molecule has 0 aliphatic carbocycles. The van der Waals surface area contributed by atoms with Gasteiger partial charge in [-0.15, -0.1) is 0 Å². The van der Waals surface area contributed by atoms with Crippen LogP contribution >= 0.6 is 15.9 Å². The Kier molecular flexibility index (Phi) is 7.42. The summed E-state index contributed by atoms with van der Waals surface area (Å²) in [7, 11) is 1.47. The smallest absolute Gasteiger partial charge is 0.258 e. The molecule has 27 heavy (non-hydrogen) atoms. The maximum atomic E-state index is 12.0. The number of rotatable bonds is 7. The van der Waals surface area contributed by atoms with Crippen LogP contribution < -0.4 is 14.8 Å². The van der Waals surface area contributed by atoms with Gasteiger partial charge in [-0.05, 0) is 45.3 Å². The normalized spacial score (nSPS) is 9.48. The zero-order chi connectivity index (χ0) is 19.6. The molecule has 0 bridgehead atoms. The van der Waals surface area contributed by atoms with E-state index in [-0.39, 0.29) is 18.1 Å². The average Bonchev–Trinajstić information content (AvgIpc) is 2.70. The molecule has 0 aromatic heterocycles. The van der Waals surface area contributed by atoms with Gasteiger partial charge in [0.2, 0.25) is 0 Å². The van der Waals surface area contributed by atoms with E-state index in [1.807, 2.05) is 30.3 Å². The van der Waals surface area contributed by atoms with E-state index < -0.39 is 0 Å². The van der Waals surface area contributed by atoms with Crippen molar-refractivity contribution in [2.45, 2.75) is 6.54 Å². The summed E-state index contributed by atoms with van der Waals surface area (Å²) < 4.78 is 11.4. The monoisotopic (exact) mass is 425 g/mol. The van der Waals surface area contributed by atoms with Gasteiger partial charge in [0, 0.05) is 6.54 Å². The highest BCUT2D eigenvalue weighted by molar-refractivity contribution is 9.10. The average molecular weight is 426 g/mol. The molecule has 0 atom stereocenters. The molecule has 2 rings (SSSR count). The summed E-state index contributed by atoms with van der Waals surface area (Å²) in [6.07, 6.45) is 1.43. The van der Waals surface area contributed by atoms with Gasteiger partial charge in [-0.25, -0.2) is 0 Å². The highest BCUT2D eigenvalue weighted by atomic mass is 79.9. The first kappa shape index (κ1) is 20.0. The summed E-state index contributed by atoms with van der Waals surface area (Å²) in [5.74, 6) is 0.467. The molecule has 0 heterocycles. The van der Waals surface area contributed by atoms with Gasteiger partial charge in [0.15, 0.2) is 18.1 Å². The third-order valence-corrected chi connectivity index (χ3v) is 4.07. The molecule has 0 unspecified atom stereocenters. The van der Waals surface area contributed by atoms with Crippen LogP contribution in [0.4, 0.5) is 0 Å². The van der Waals surface area contributed by atoms with Crippen LogP contribution in [0.15, 0.2) is 52.5 Å². The molecule has 1 N–H and O–H groups in total. The Balaban J connectivity index is 2.05. The Morgan fingerprint density at radius 1 is 1.22 bits per heavy atom. The fourth-order valence-corrected chi connectivity index (χ4v) is 2.78. The fourth-order valence-electron chi connectivity index (χ4n) is 2.20. The lowest BCUT2D eigenvalue weighted by molar-refractivity contribution is -0.123. The summed E-state index contributed by atoms with van der Waals surface area (Å²) in [5.41, 5.74) is 1.56. The second kappa shape index (κ2) is 10.0. The minimum atomic E-state index is -0.270. The summed E-state index contributed by atoms with van der Waals surface area (Å²) in [6.45, 7) is 0.231. The van der Waals surface area contributed by atoms with Crippen molar-refractivity contribution >= 4 is 27.9 Å². The Morgan fingerprint density at radius 2 is 1.93 bits per heavy atom. The van der Waals surface area contributed by atoms with E-state index in [4.69, 9.17) is 20.0 Å². The van der Waals surface area contributed by atoms with E-state index in [1.54, 1.807) is 24.3 Å². The molecule has 7 heteroatoms. The Labute approximate surface area is 165 Å². The molecule has 6 nitrogen and oxygen atoms in total. The van der Waals surface area contributed by atoms with E-state index in [0.29, 0.717) is 28.1 Å². The number of amides is 1. The van der Waals surface area contributed by atoms with Crippen LogP contribution in [-0.2, 0) is 11.3 Å². The van der Waals surface area contributed by atoms with Gasteiger partial charge < -0.3 is 14.8 Å². The molecule has 1 amide bonds. The van der Waals surface area contributed by atoms with Gasteiger partial charge in [-0.3, -0.25) is 4.79 Å². The second-order valence-corrected chi connectivity index (χ2v) is 6.22. The third kappa shape index (κ3) is 5.88. The Bertz CT molecular complexity index is 912.